The molecule has 2 amide bonds. The van der Waals surface area contributed by atoms with Crippen LogP contribution < -0.4 is 15.8 Å². The van der Waals surface area contributed by atoms with Gasteiger partial charge in [-0.2, -0.15) is 0 Å². The van der Waals surface area contributed by atoms with Crippen molar-refractivity contribution in [2.45, 2.75) is 31.9 Å². The molecule has 0 aliphatic carbocycles. The first-order chi connectivity index (χ1) is 12.8. The molecule has 2 rings (SSSR count). The van der Waals surface area contributed by atoms with Crippen molar-refractivity contribution in [1.82, 2.24) is 15.1 Å². The predicted octanol–water partition coefficient (Wildman–Crippen LogP) is 1.35. The smallest absolute Gasteiger partial charge is 0.251 e. The summed E-state index contributed by atoms with van der Waals surface area (Å²) in [5.74, 6) is 0.364. The Kier molecular flexibility index (Phi) is 7.89. The van der Waals surface area contributed by atoms with E-state index in [1.165, 1.54) is 0 Å². The molecular weight excluding hydrogens is 368 g/mol. The molecule has 1 saturated heterocycles. The van der Waals surface area contributed by atoms with E-state index in [-0.39, 0.29) is 17.9 Å². The minimum Gasteiger partial charge on any atom is -0.489 e. The molecule has 150 valence electrons. The van der Waals surface area contributed by atoms with Gasteiger partial charge < -0.3 is 25.6 Å². The molecule has 1 heterocycles. The monoisotopic (exact) mass is 396 g/mol. The molecule has 27 heavy (non-hydrogen) atoms. The SMILES string of the molecule is C[C@@H](N)C(=O)N1CCC(Oc2ccc(C(=O)NCCN(C)C)cc2Cl)CC1. The first-order valence-electron chi connectivity index (χ1n) is 9.21. The standard InChI is InChI=1S/C19H29ClN4O3/c1-13(21)19(26)24-9-6-15(7-10-24)27-17-5-4-14(12-16(17)20)18(25)22-8-11-23(2)3/h4-5,12-13,15H,6-11,21H2,1-3H3,(H,22,25)/t13-/m1/s1. The second kappa shape index (κ2) is 9.92. The number of nitrogens with one attached hydrogen (secondary N) is 1. The second-order valence-electron chi connectivity index (χ2n) is 7.14. The second-order valence-corrected chi connectivity index (χ2v) is 7.54. The highest BCUT2D eigenvalue weighted by molar-refractivity contribution is 6.32. The Morgan fingerprint density at radius 2 is 2.04 bits per heavy atom. The van der Waals surface area contributed by atoms with Crippen LogP contribution in [0.3, 0.4) is 0 Å². The van der Waals surface area contributed by atoms with Crippen LogP contribution in [0, 0.1) is 0 Å². The molecule has 3 N–H and O–H groups in total. The molecule has 1 aromatic carbocycles. The van der Waals surface area contributed by atoms with Crippen molar-refractivity contribution < 1.29 is 14.3 Å². The third-order valence-corrected chi connectivity index (χ3v) is 4.77. The van der Waals surface area contributed by atoms with Crippen molar-refractivity contribution in [3.63, 3.8) is 0 Å². The minimum absolute atomic E-state index is 0.0144. The van der Waals surface area contributed by atoms with Crippen LogP contribution >= 0.6 is 11.6 Å². The van der Waals surface area contributed by atoms with Crippen molar-refractivity contribution >= 4 is 23.4 Å². The summed E-state index contributed by atoms with van der Waals surface area (Å²) in [6.07, 6.45) is 1.43. The molecular formula is C19H29ClN4O3. The van der Waals surface area contributed by atoms with E-state index in [9.17, 15) is 9.59 Å². The average molecular weight is 397 g/mol. The van der Waals surface area contributed by atoms with Crippen LogP contribution in [0.25, 0.3) is 0 Å². The van der Waals surface area contributed by atoms with E-state index in [1.807, 2.05) is 19.0 Å². The first kappa shape index (κ1) is 21.5. The van der Waals surface area contributed by atoms with Gasteiger partial charge >= 0.3 is 0 Å². The lowest BCUT2D eigenvalue weighted by atomic mass is 10.1. The number of nitrogens with zero attached hydrogens (tertiary/aromatic N) is 2. The zero-order valence-electron chi connectivity index (χ0n) is 16.2. The van der Waals surface area contributed by atoms with Crippen molar-refractivity contribution in [2.24, 2.45) is 5.73 Å². The van der Waals surface area contributed by atoms with E-state index in [4.69, 9.17) is 22.1 Å². The Labute approximate surface area is 165 Å². The minimum atomic E-state index is -0.478. The van der Waals surface area contributed by atoms with Crippen LogP contribution in [0.15, 0.2) is 18.2 Å². The number of amides is 2. The van der Waals surface area contributed by atoms with Gasteiger partial charge in [0.1, 0.15) is 11.9 Å². The Bertz CT molecular complexity index is 658. The number of hydrogen-bond acceptors (Lipinski definition) is 5. The molecule has 1 aliphatic heterocycles. The number of piperidine rings is 1. The molecule has 0 radical (unpaired) electrons. The number of benzene rings is 1. The molecule has 0 unspecified atom stereocenters. The van der Waals surface area contributed by atoms with Crippen molar-refractivity contribution in [3.8, 4) is 5.75 Å². The lowest BCUT2D eigenvalue weighted by molar-refractivity contribution is -0.133. The van der Waals surface area contributed by atoms with Gasteiger partial charge in [-0.3, -0.25) is 9.59 Å². The highest BCUT2D eigenvalue weighted by Crippen LogP contribution is 2.28. The van der Waals surface area contributed by atoms with Gasteiger partial charge in [0.25, 0.3) is 5.91 Å². The number of likely N-dealkylation sites (tertiary alicyclic amines) is 1. The lowest BCUT2D eigenvalue weighted by Crippen LogP contribution is -2.47. The molecule has 0 aromatic heterocycles. The summed E-state index contributed by atoms with van der Waals surface area (Å²) in [4.78, 5) is 27.9. The fourth-order valence-corrected chi connectivity index (χ4v) is 3.12. The quantitative estimate of drug-likeness (QED) is 0.726. The lowest BCUT2D eigenvalue weighted by Gasteiger charge is -2.33. The Hall–Kier alpha value is -1.83. The van der Waals surface area contributed by atoms with E-state index in [1.54, 1.807) is 30.0 Å². The van der Waals surface area contributed by atoms with E-state index in [0.29, 0.717) is 36.0 Å². The Morgan fingerprint density at radius 3 is 2.59 bits per heavy atom. The molecule has 1 atom stereocenters. The van der Waals surface area contributed by atoms with Crippen molar-refractivity contribution in [3.05, 3.63) is 28.8 Å². The van der Waals surface area contributed by atoms with E-state index < -0.39 is 6.04 Å². The Balaban J connectivity index is 1.87. The average Bonchev–Trinajstić information content (AvgIpc) is 2.63. The zero-order chi connectivity index (χ0) is 20.0. The molecule has 1 aliphatic rings. The van der Waals surface area contributed by atoms with Gasteiger partial charge in [-0.25, -0.2) is 0 Å². The molecule has 0 saturated carbocycles. The zero-order valence-corrected chi connectivity index (χ0v) is 17.0. The van der Waals surface area contributed by atoms with Gasteiger partial charge in [0, 0.05) is 44.6 Å². The summed E-state index contributed by atoms with van der Waals surface area (Å²) in [5.41, 5.74) is 6.16. The number of rotatable bonds is 7. The molecule has 1 aromatic rings. The number of nitrogens with two attached hydrogens (primary N) is 1. The maximum atomic E-state index is 12.2. The van der Waals surface area contributed by atoms with Crippen LogP contribution in [0.1, 0.15) is 30.1 Å². The van der Waals surface area contributed by atoms with Crippen molar-refractivity contribution in [1.29, 1.82) is 0 Å². The highest BCUT2D eigenvalue weighted by atomic mass is 35.5. The summed E-state index contributed by atoms with van der Waals surface area (Å²) < 4.78 is 5.98. The number of halogens is 1. The number of ether oxygens (including phenoxy) is 1. The number of carbonyl (C=O) groups excluding carboxylic acids is 2. The van der Waals surface area contributed by atoms with Gasteiger partial charge in [-0.05, 0) is 39.2 Å². The summed E-state index contributed by atoms with van der Waals surface area (Å²) in [6, 6.07) is 4.58. The number of carbonyl (C=O) groups is 2. The summed E-state index contributed by atoms with van der Waals surface area (Å²) in [5, 5.41) is 3.26. The van der Waals surface area contributed by atoms with Gasteiger partial charge in [-0.1, -0.05) is 11.6 Å². The van der Waals surface area contributed by atoms with Crippen molar-refractivity contribution in [2.75, 3.05) is 40.3 Å². The first-order valence-corrected chi connectivity index (χ1v) is 9.59. The highest BCUT2D eigenvalue weighted by Gasteiger charge is 2.26. The summed E-state index contributed by atoms with van der Waals surface area (Å²) in [6.45, 7) is 4.28. The van der Waals surface area contributed by atoms with Crippen LogP contribution in [0.4, 0.5) is 0 Å². The molecule has 0 spiro atoms. The maximum absolute atomic E-state index is 12.2. The molecule has 0 bridgehead atoms. The largest absolute Gasteiger partial charge is 0.489 e. The molecule has 7 nitrogen and oxygen atoms in total. The normalized spacial score (nSPS) is 16.3. The van der Waals surface area contributed by atoms with Crippen LogP contribution in [0.2, 0.25) is 5.02 Å². The predicted molar refractivity (Wildman–Crippen MR) is 106 cm³/mol. The number of likely N-dealkylation sites (N-methyl/N-ethyl adjacent to an activating group) is 1. The van der Waals surface area contributed by atoms with Gasteiger partial charge in [0.15, 0.2) is 0 Å². The van der Waals surface area contributed by atoms with Gasteiger partial charge in [0.2, 0.25) is 5.91 Å². The van der Waals surface area contributed by atoms with Crippen LogP contribution in [-0.4, -0.2) is 74.0 Å². The molecule has 8 heteroatoms. The summed E-state index contributed by atoms with van der Waals surface area (Å²) >= 11 is 6.30. The van der Waals surface area contributed by atoms with E-state index in [2.05, 4.69) is 5.32 Å². The van der Waals surface area contributed by atoms with Crippen LogP contribution in [-0.2, 0) is 4.79 Å². The summed E-state index contributed by atoms with van der Waals surface area (Å²) in [7, 11) is 3.90. The van der Waals surface area contributed by atoms with E-state index >= 15 is 0 Å². The third-order valence-electron chi connectivity index (χ3n) is 4.48. The fourth-order valence-electron chi connectivity index (χ4n) is 2.89. The molecule has 1 fully saturated rings. The van der Waals surface area contributed by atoms with Gasteiger partial charge in [-0.15, -0.1) is 0 Å². The third kappa shape index (κ3) is 6.37. The maximum Gasteiger partial charge on any atom is 0.251 e. The van der Waals surface area contributed by atoms with E-state index in [0.717, 1.165) is 19.4 Å². The Morgan fingerprint density at radius 1 is 1.37 bits per heavy atom. The topological polar surface area (TPSA) is 87.9 Å². The van der Waals surface area contributed by atoms with Crippen LogP contribution in [0.5, 0.6) is 5.75 Å². The number of hydrogen-bond donors (Lipinski definition) is 2. The van der Waals surface area contributed by atoms with Gasteiger partial charge in [0.05, 0.1) is 11.1 Å². The fraction of sp³-hybridized carbons (Fsp3) is 0.579.